The zero-order valence-corrected chi connectivity index (χ0v) is 21.7. The number of aliphatic hydroxyl groups excluding tert-OH is 2. The predicted molar refractivity (Wildman–Crippen MR) is 131 cm³/mol. The van der Waals surface area contributed by atoms with Crippen LogP contribution in [0, 0.1) is 45.8 Å². The molecule has 4 saturated carbocycles. The van der Waals surface area contributed by atoms with E-state index >= 15 is 0 Å². The standard InChI is InChI=1S/C29H50O3/c1-18(2)19(3)8-15-29(7,32)22-11-14-28(6)25(22)23(31)17-24-26(4)12-10-21(30)16-20(26)9-13-27(24,28)5/h18,20-25,30-32H,3,8-17H2,1-2,4-7H3/t20-,21-,22-,23+,24+,25+,26-,27+,28+,29-/m0/s1. The molecular formula is C29H50O3. The Balaban J connectivity index is 1.61. The van der Waals surface area contributed by atoms with E-state index in [0.717, 1.165) is 51.4 Å². The van der Waals surface area contributed by atoms with Crippen LogP contribution in [0.15, 0.2) is 12.2 Å². The fraction of sp³-hybridized carbons (Fsp3) is 0.931. The number of allylic oxidation sites excluding steroid dienone is 1. The quantitative estimate of drug-likeness (QED) is 0.446. The van der Waals surface area contributed by atoms with Crippen molar-refractivity contribution in [2.24, 2.45) is 45.8 Å². The van der Waals surface area contributed by atoms with Gasteiger partial charge in [0.2, 0.25) is 0 Å². The highest BCUT2D eigenvalue weighted by molar-refractivity contribution is 5.18. The summed E-state index contributed by atoms with van der Waals surface area (Å²) in [5.41, 5.74) is 0.921. The molecule has 0 amide bonds. The van der Waals surface area contributed by atoms with Gasteiger partial charge >= 0.3 is 0 Å². The van der Waals surface area contributed by atoms with Crippen molar-refractivity contribution >= 4 is 0 Å². The van der Waals surface area contributed by atoms with Crippen LogP contribution < -0.4 is 0 Å². The van der Waals surface area contributed by atoms with Gasteiger partial charge in [0.05, 0.1) is 17.8 Å². The summed E-state index contributed by atoms with van der Waals surface area (Å²) in [6.07, 6.45) is 9.46. The summed E-state index contributed by atoms with van der Waals surface area (Å²) < 4.78 is 0. The van der Waals surface area contributed by atoms with Gasteiger partial charge in [0.1, 0.15) is 0 Å². The van der Waals surface area contributed by atoms with E-state index in [1.165, 1.54) is 18.4 Å². The maximum Gasteiger partial charge on any atom is 0.0654 e. The number of hydrogen-bond donors (Lipinski definition) is 3. The van der Waals surface area contributed by atoms with Gasteiger partial charge in [-0.2, -0.15) is 0 Å². The highest BCUT2D eigenvalue weighted by Crippen LogP contribution is 2.74. The van der Waals surface area contributed by atoms with Gasteiger partial charge in [-0.1, -0.05) is 46.8 Å². The normalized spacial score (nSPS) is 50.3. The number of rotatable bonds is 5. The molecule has 4 rings (SSSR count). The van der Waals surface area contributed by atoms with Gasteiger partial charge < -0.3 is 15.3 Å². The van der Waals surface area contributed by atoms with E-state index in [1.54, 1.807) is 0 Å². The van der Waals surface area contributed by atoms with Crippen molar-refractivity contribution < 1.29 is 15.3 Å². The van der Waals surface area contributed by atoms with Crippen LogP contribution in [-0.2, 0) is 0 Å². The molecule has 10 atom stereocenters. The molecule has 32 heavy (non-hydrogen) atoms. The number of aliphatic hydroxyl groups is 3. The Labute approximate surface area is 197 Å². The molecule has 4 aliphatic carbocycles. The fourth-order valence-electron chi connectivity index (χ4n) is 9.47. The van der Waals surface area contributed by atoms with Crippen molar-refractivity contribution in [3.8, 4) is 0 Å². The average Bonchev–Trinajstić information content (AvgIpc) is 3.10. The largest absolute Gasteiger partial charge is 0.393 e. The van der Waals surface area contributed by atoms with Gasteiger partial charge in [-0.15, -0.1) is 0 Å². The van der Waals surface area contributed by atoms with E-state index in [-0.39, 0.29) is 40.3 Å². The summed E-state index contributed by atoms with van der Waals surface area (Å²) in [4.78, 5) is 0. The molecule has 0 spiro atoms. The van der Waals surface area contributed by atoms with Gasteiger partial charge in [-0.05, 0) is 117 Å². The summed E-state index contributed by atoms with van der Waals surface area (Å²) in [6.45, 7) is 18.1. The van der Waals surface area contributed by atoms with E-state index in [2.05, 4.69) is 41.2 Å². The highest BCUT2D eigenvalue weighted by Gasteiger charge is 2.69. The molecule has 0 aromatic carbocycles. The van der Waals surface area contributed by atoms with Crippen LogP contribution in [-0.4, -0.2) is 33.1 Å². The summed E-state index contributed by atoms with van der Waals surface area (Å²) in [7, 11) is 0. The van der Waals surface area contributed by atoms with Crippen molar-refractivity contribution in [1.29, 1.82) is 0 Å². The zero-order valence-electron chi connectivity index (χ0n) is 21.7. The molecule has 3 nitrogen and oxygen atoms in total. The molecule has 0 unspecified atom stereocenters. The summed E-state index contributed by atoms with van der Waals surface area (Å²) in [6, 6.07) is 0. The lowest BCUT2D eigenvalue weighted by atomic mass is 9.37. The third-order valence-corrected chi connectivity index (χ3v) is 12.0. The average molecular weight is 447 g/mol. The van der Waals surface area contributed by atoms with Crippen LogP contribution in [0.4, 0.5) is 0 Å². The second-order valence-corrected chi connectivity index (χ2v) is 13.7. The van der Waals surface area contributed by atoms with Gasteiger partial charge in [0, 0.05) is 0 Å². The Morgan fingerprint density at radius 1 is 1.00 bits per heavy atom. The van der Waals surface area contributed by atoms with Crippen molar-refractivity contribution in [2.75, 3.05) is 0 Å². The Bertz CT molecular complexity index is 728. The topological polar surface area (TPSA) is 60.7 Å². The number of fused-ring (bicyclic) bond motifs is 5. The first-order valence-corrected chi connectivity index (χ1v) is 13.5. The van der Waals surface area contributed by atoms with Crippen molar-refractivity contribution in [3.05, 3.63) is 12.2 Å². The monoisotopic (exact) mass is 446 g/mol. The molecule has 0 aromatic rings. The summed E-state index contributed by atoms with van der Waals surface area (Å²) in [5.74, 6) is 1.85. The van der Waals surface area contributed by atoms with Gasteiger partial charge in [0.15, 0.2) is 0 Å². The van der Waals surface area contributed by atoms with Crippen molar-refractivity contribution in [3.63, 3.8) is 0 Å². The van der Waals surface area contributed by atoms with Gasteiger partial charge in [-0.3, -0.25) is 0 Å². The second-order valence-electron chi connectivity index (χ2n) is 13.7. The molecule has 4 aliphatic rings. The fourth-order valence-corrected chi connectivity index (χ4v) is 9.47. The smallest absolute Gasteiger partial charge is 0.0654 e. The molecule has 3 heteroatoms. The highest BCUT2D eigenvalue weighted by atomic mass is 16.3. The molecule has 4 fully saturated rings. The maximum absolute atomic E-state index is 11.7. The summed E-state index contributed by atoms with van der Waals surface area (Å²) >= 11 is 0. The molecule has 0 bridgehead atoms. The van der Waals surface area contributed by atoms with Crippen LogP contribution in [0.2, 0.25) is 0 Å². The first-order valence-electron chi connectivity index (χ1n) is 13.5. The van der Waals surface area contributed by atoms with Crippen LogP contribution >= 0.6 is 0 Å². The lowest BCUT2D eigenvalue weighted by Gasteiger charge is -2.68. The van der Waals surface area contributed by atoms with Crippen molar-refractivity contribution in [1.82, 2.24) is 0 Å². The molecule has 0 aromatic heterocycles. The predicted octanol–water partition coefficient (Wildman–Crippen LogP) is 6.11. The van der Waals surface area contributed by atoms with E-state index in [4.69, 9.17) is 0 Å². The first kappa shape index (κ1) is 24.7. The Morgan fingerprint density at radius 3 is 2.31 bits per heavy atom. The molecule has 0 saturated heterocycles. The first-order chi connectivity index (χ1) is 14.8. The third-order valence-electron chi connectivity index (χ3n) is 12.0. The van der Waals surface area contributed by atoms with E-state index in [9.17, 15) is 15.3 Å². The van der Waals surface area contributed by atoms with E-state index < -0.39 is 5.60 Å². The lowest BCUT2D eigenvalue weighted by molar-refractivity contribution is -0.225. The van der Waals surface area contributed by atoms with Crippen LogP contribution in [0.3, 0.4) is 0 Å². The minimum Gasteiger partial charge on any atom is -0.393 e. The van der Waals surface area contributed by atoms with Crippen LogP contribution in [0.1, 0.15) is 106 Å². The lowest BCUT2D eigenvalue weighted by Crippen LogP contribution is -2.64. The molecule has 3 N–H and O–H groups in total. The number of hydrogen-bond acceptors (Lipinski definition) is 3. The molecule has 0 aliphatic heterocycles. The molecule has 0 heterocycles. The maximum atomic E-state index is 11.7. The van der Waals surface area contributed by atoms with E-state index in [0.29, 0.717) is 17.8 Å². The Morgan fingerprint density at radius 2 is 1.66 bits per heavy atom. The van der Waals surface area contributed by atoms with Crippen LogP contribution in [0.25, 0.3) is 0 Å². The molecule has 184 valence electrons. The molecule has 0 radical (unpaired) electrons. The third kappa shape index (κ3) is 3.55. The van der Waals surface area contributed by atoms with Gasteiger partial charge in [0.25, 0.3) is 0 Å². The second kappa shape index (κ2) is 8.09. The SMILES string of the molecule is C=C(CC[C@](C)(O)[C@H]1CC[C@]2(C)[C@H]1[C@H](O)C[C@@H]1[C@@]3(C)CC[C@H](O)C[C@@H]3CC[C@]12C)C(C)C. The minimum absolute atomic E-state index is 0.0586. The Kier molecular flexibility index (Phi) is 6.25. The summed E-state index contributed by atoms with van der Waals surface area (Å²) in [5, 5.41) is 33.7. The molecular weight excluding hydrogens is 396 g/mol. The van der Waals surface area contributed by atoms with Crippen LogP contribution in [0.5, 0.6) is 0 Å². The zero-order chi connectivity index (χ0) is 23.7. The van der Waals surface area contributed by atoms with E-state index in [1.807, 2.05) is 6.92 Å². The minimum atomic E-state index is -0.763. The Hall–Kier alpha value is -0.380. The van der Waals surface area contributed by atoms with Crippen molar-refractivity contribution in [2.45, 2.75) is 124 Å². The van der Waals surface area contributed by atoms with Gasteiger partial charge in [-0.25, -0.2) is 0 Å².